The Kier molecular flexibility index (Phi) is 4.18. The molecule has 1 aromatic heterocycles. The first-order valence-corrected chi connectivity index (χ1v) is 7.19. The summed E-state index contributed by atoms with van der Waals surface area (Å²) in [6, 6.07) is 1.64. The van der Waals surface area contributed by atoms with Gasteiger partial charge in [-0.3, -0.25) is 4.98 Å². The van der Waals surface area contributed by atoms with E-state index >= 15 is 0 Å². The van der Waals surface area contributed by atoms with E-state index in [2.05, 4.69) is 17.6 Å². The number of nitrogens with zero attached hydrogens (tertiary/aromatic N) is 1. The summed E-state index contributed by atoms with van der Waals surface area (Å²) in [5, 5.41) is 9.46. The summed E-state index contributed by atoms with van der Waals surface area (Å²) in [6.45, 7) is 8.05. The van der Waals surface area contributed by atoms with Crippen LogP contribution in [0.5, 0.6) is 5.75 Å². The fourth-order valence-electron chi connectivity index (χ4n) is 1.92. The zero-order chi connectivity index (χ0) is 15.0. The molecule has 0 atom stereocenters. The van der Waals surface area contributed by atoms with Gasteiger partial charge in [-0.05, 0) is 44.8 Å². The number of pyridine rings is 1. The molecule has 6 heteroatoms. The Morgan fingerprint density at radius 2 is 1.90 bits per heavy atom. The van der Waals surface area contributed by atoms with E-state index in [1.54, 1.807) is 12.3 Å². The molecule has 1 aromatic rings. The van der Waals surface area contributed by atoms with Crippen molar-refractivity contribution < 1.29 is 14.4 Å². The van der Waals surface area contributed by atoms with Gasteiger partial charge in [-0.15, -0.1) is 0 Å². The summed E-state index contributed by atoms with van der Waals surface area (Å²) in [4.78, 5) is 3.95. The van der Waals surface area contributed by atoms with Gasteiger partial charge in [-0.25, -0.2) is 0 Å². The summed E-state index contributed by atoms with van der Waals surface area (Å²) in [6.07, 6.45) is 4.96. The van der Waals surface area contributed by atoms with Crippen LogP contribution >= 0.6 is 12.6 Å². The van der Waals surface area contributed by atoms with Gasteiger partial charge in [0, 0.05) is 11.9 Å². The molecular weight excluding hydrogens is 273 g/mol. The molecule has 2 heterocycles. The molecule has 1 N–H and O–H groups in total. The molecule has 0 aromatic carbocycles. The van der Waals surface area contributed by atoms with Crippen LogP contribution in [0.3, 0.4) is 0 Å². The lowest BCUT2D eigenvalue weighted by molar-refractivity contribution is 0.00578. The van der Waals surface area contributed by atoms with E-state index in [9.17, 15) is 5.11 Å². The minimum Gasteiger partial charge on any atom is -0.506 e. The monoisotopic (exact) mass is 293 g/mol. The van der Waals surface area contributed by atoms with E-state index in [1.165, 1.54) is 6.20 Å². The summed E-state index contributed by atoms with van der Waals surface area (Å²) in [5.41, 5.74) is 0.941. The van der Waals surface area contributed by atoms with Crippen LogP contribution in [-0.4, -0.2) is 34.2 Å². The summed E-state index contributed by atoms with van der Waals surface area (Å²) in [7, 11) is -0.431. The third-order valence-electron chi connectivity index (χ3n) is 3.84. The second-order valence-electron chi connectivity index (χ2n) is 5.94. The van der Waals surface area contributed by atoms with Crippen LogP contribution in [0.2, 0.25) is 0 Å². The van der Waals surface area contributed by atoms with E-state index in [0.717, 1.165) is 11.0 Å². The Hall–Kier alpha value is -0.975. The van der Waals surface area contributed by atoms with Crippen LogP contribution in [-0.2, 0) is 9.31 Å². The fourth-order valence-corrected chi connectivity index (χ4v) is 2.16. The van der Waals surface area contributed by atoms with E-state index in [4.69, 9.17) is 9.31 Å². The van der Waals surface area contributed by atoms with Gasteiger partial charge in [-0.2, -0.15) is 12.6 Å². The Labute approximate surface area is 125 Å². The van der Waals surface area contributed by atoms with Crippen molar-refractivity contribution in [2.45, 2.75) is 38.9 Å². The second-order valence-corrected chi connectivity index (χ2v) is 6.26. The van der Waals surface area contributed by atoms with E-state index in [0.29, 0.717) is 5.75 Å². The van der Waals surface area contributed by atoms with Crippen LogP contribution in [0.15, 0.2) is 23.9 Å². The molecule has 1 aliphatic heterocycles. The van der Waals surface area contributed by atoms with E-state index in [-0.39, 0.29) is 17.0 Å². The zero-order valence-electron chi connectivity index (χ0n) is 12.3. The smallest absolute Gasteiger partial charge is 0.491 e. The fraction of sp³-hybridized carbons (Fsp3) is 0.500. The Bertz CT molecular complexity index is 515. The molecule has 0 saturated carbocycles. The van der Waals surface area contributed by atoms with Gasteiger partial charge >= 0.3 is 7.12 Å². The molecule has 4 nitrogen and oxygen atoms in total. The maximum Gasteiger partial charge on any atom is 0.491 e. The molecule has 108 valence electrons. The quantitative estimate of drug-likeness (QED) is 0.664. The largest absolute Gasteiger partial charge is 0.506 e. The number of aromatic nitrogens is 1. The van der Waals surface area contributed by atoms with E-state index in [1.807, 2.05) is 33.8 Å². The minimum atomic E-state index is -0.431. The topological polar surface area (TPSA) is 51.6 Å². The molecule has 0 bridgehead atoms. The SMILES string of the molecule is CC1(C)OB(C(=Cc2cncc(O)c2)CS)OC1(C)C. The van der Waals surface area contributed by atoms with Gasteiger partial charge in [0.25, 0.3) is 0 Å². The molecule has 0 spiro atoms. The molecule has 2 rings (SSSR count). The van der Waals surface area contributed by atoms with Gasteiger partial charge in [0.1, 0.15) is 5.75 Å². The average molecular weight is 293 g/mol. The van der Waals surface area contributed by atoms with E-state index < -0.39 is 7.12 Å². The maximum atomic E-state index is 9.46. The first kappa shape index (κ1) is 15.4. The number of hydrogen-bond donors (Lipinski definition) is 2. The summed E-state index contributed by atoms with van der Waals surface area (Å²) in [5.74, 6) is 0.637. The normalized spacial score (nSPS) is 21.2. The molecule has 1 aliphatic rings. The van der Waals surface area contributed by atoms with Crippen molar-refractivity contribution in [2.75, 3.05) is 5.75 Å². The van der Waals surface area contributed by atoms with Crippen LogP contribution in [0.4, 0.5) is 0 Å². The highest BCUT2D eigenvalue weighted by Gasteiger charge is 2.52. The molecule has 1 fully saturated rings. The Balaban J connectivity index is 2.26. The molecule has 0 amide bonds. The molecular formula is C14H20BNO3S. The van der Waals surface area contributed by atoms with Crippen molar-refractivity contribution in [3.8, 4) is 5.75 Å². The third-order valence-corrected chi connectivity index (χ3v) is 4.20. The third kappa shape index (κ3) is 3.02. The van der Waals surface area contributed by atoms with Gasteiger partial charge in [-0.1, -0.05) is 6.08 Å². The van der Waals surface area contributed by atoms with Crippen molar-refractivity contribution >= 4 is 25.8 Å². The highest BCUT2D eigenvalue weighted by molar-refractivity contribution is 7.80. The standard InChI is InChI=1S/C14H20BNO3S/c1-13(2)14(3,4)19-15(18-13)11(9-20)5-10-6-12(17)8-16-7-10/h5-8,17,20H,9H2,1-4H3. The molecule has 0 aliphatic carbocycles. The van der Waals surface area contributed by atoms with Crippen molar-refractivity contribution in [2.24, 2.45) is 0 Å². The Morgan fingerprint density at radius 1 is 1.30 bits per heavy atom. The van der Waals surface area contributed by atoms with Gasteiger partial charge in [0.05, 0.1) is 17.4 Å². The molecule has 0 unspecified atom stereocenters. The van der Waals surface area contributed by atoms with Crippen molar-refractivity contribution in [1.29, 1.82) is 0 Å². The number of aromatic hydroxyl groups is 1. The van der Waals surface area contributed by atoms with Crippen LogP contribution in [0.1, 0.15) is 33.3 Å². The van der Waals surface area contributed by atoms with Crippen molar-refractivity contribution in [3.63, 3.8) is 0 Å². The molecule has 0 radical (unpaired) electrons. The lowest BCUT2D eigenvalue weighted by Crippen LogP contribution is -2.41. The zero-order valence-corrected chi connectivity index (χ0v) is 13.1. The van der Waals surface area contributed by atoms with Gasteiger partial charge < -0.3 is 14.4 Å². The maximum absolute atomic E-state index is 9.46. The van der Waals surface area contributed by atoms with Crippen LogP contribution in [0, 0.1) is 0 Å². The van der Waals surface area contributed by atoms with Gasteiger partial charge in [0.2, 0.25) is 0 Å². The van der Waals surface area contributed by atoms with Gasteiger partial charge in [0.15, 0.2) is 0 Å². The van der Waals surface area contributed by atoms with Crippen LogP contribution < -0.4 is 0 Å². The lowest BCUT2D eigenvalue weighted by atomic mass is 9.78. The minimum absolute atomic E-state index is 0.131. The molecule has 20 heavy (non-hydrogen) atoms. The number of thiol groups is 1. The number of rotatable bonds is 3. The van der Waals surface area contributed by atoms with Crippen LogP contribution in [0.25, 0.3) is 6.08 Å². The first-order chi connectivity index (χ1) is 9.25. The van der Waals surface area contributed by atoms with Crippen molar-refractivity contribution in [1.82, 2.24) is 4.98 Å². The lowest BCUT2D eigenvalue weighted by Gasteiger charge is -2.32. The number of hydrogen-bond acceptors (Lipinski definition) is 5. The second kappa shape index (κ2) is 5.43. The summed E-state index contributed by atoms with van der Waals surface area (Å²) < 4.78 is 12.0. The summed E-state index contributed by atoms with van der Waals surface area (Å²) >= 11 is 4.35. The average Bonchev–Trinajstić information content (AvgIpc) is 2.55. The predicted molar refractivity (Wildman–Crippen MR) is 83.8 cm³/mol. The highest BCUT2D eigenvalue weighted by atomic mass is 32.1. The highest BCUT2D eigenvalue weighted by Crippen LogP contribution is 2.39. The predicted octanol–water partition coefficient (Wildman–Crippen LogP) is 2.73. The Morgan fingerprint density at radius 3 is 2.40 bits per heavy atom. The molecule has 1 saturated heterocycles. The van der Waals surface area contributed by atoms with Crippen molar-refractivity contribution in [3.05, 3.63) is 29.5 Å². The first-order valence-electron chi connectivity index (χ1n) is 6.56.